The molecule has 0 N–H and O–H groups in total. The first-order valence-electron chi connectivity index (χ1n) is 4.27. The van der Waals surface area contributed by atoms with Gasteiger partial charge in [0.05, 0.1) is 0 Å². The maximum Gasteiger partial charge on any atom is 0.0149 e. The van der Waals surface area contributed by atoms with Gasteiger partial charge in [-0.25, -0.2) is 0 Å². The third-order valence-corrected chi connectivity index (χ3v) is 24.5. The van der Waals surface area contributed by atoms with Gasteiger partial charge in [0.1, 0.15) is 0 Å². The first-order chi connectivity index (χ1) is 4.27. The lowest BCUT2D eigenvalue weighted by atomic mass is 10.4. The van der Waals surface area contributed by atoms with Crippen molar-refractivity contribution < 1.29 is 0 Å². The normalized spacial score (nSPS) is 13.3. The van der Waals surface area contributed by atoms with Gasteiger partial charge in [-0.15, -0.1) is 0 Å². The molecule has 0 fully saturated rings. The second kappa shape index (κ2) is 6.77. The van der Waals surface area contributed by atoms with Crippen LogP contribution in [-0.4, -0.2) is 25.9 Å². The zero-order valence-corrected chi connectivity index (χ0v) is 11.1. The van der Waals surface area contributed by atoms with Crippen molar-refractivity contribution in [2.45, 2.75) is 38.9 Å². The fraction of sp³-hybridized carbons (Fsp3) is 1.00. The van der Waals surface area contributed by atoms with Gasteiger partial charge in [-0.1, -0.05) is 38.9 Å². The van der Waals surface area contributed by atoms with E-state index in [-0.39, 0.29) is 8.31 Å². The van der Waals surface area contributed by atoms with Crippen LogP contribution in [0.15, 0.2) is 0 Å². The Morgan fingerprint density at radius 2 is 2.00 bits per heavy atom. The minimum Gasteiger partial charge on any atom is -0.0748 e. The van der Waals surface area contributed by atoms with E-state index in [0.29, 0.717) is 17.6 Å². The topological polar surface area (TPSA) is 0 Å². The van der Waals surface area contributed by atoms with Gasteiger partial charge < -0.3 is 0 Å². The minimum atomic E-state index is -0.0126. The second-order valence-corrected chi connectivity index (χ2v) is 22.0. The van der Waals surface area contributed by atoms with Crippen LogP contribution in [0.25, 0.3) is 0 Å². The summed E-state index contributed by atoms with van der Waals surface area (Å²) in [6.07, 6.45) is 2.97. The Morgan fingerprint density at radius 1 is 1.33 bits per heavy atom. The molecule has 0 unspecified atom stereocenters. The fourth-order valence-corrected chi connectivity index (χ4v) is 17.3. The van der Waals surface area contributed by atoms with E-state index in [1.807, 2.05) is 0 Å². The van der Waals surface area contributed by atoms with Crippen LogP contribution in [0, 0.1) is 0 Å². The second-order valence-electron chi connectivity index (χ2n) is 3.24. The van der Waals surface area contributed by atoms with Crippen molar-refractivity contribution in [3.05, 3.63) is 0 Å². The molecular weight excluding hydrogens is 156 g/mol. The van der Waals surface area contributed by atoms with Crippen LogP contribution in [0.2, 0.25) is 19.1 Å². The van der Waals surface area contributed by atoms with E-state index in [0.717, 1.165) is 0 Å². The molecule has 0 saturated heterocycles. The molecule has 0 aliphatic carbocycles. The predicted molar refractivity (Wildman–Crippen MR) is 55.7 cm³/mol. The lowest BCUT2D eigenvalue weighted by molar-refractivity contribution is 0.882. The van der Waals surface area contributed by atoms with Gasteiger partial charge in [-0.3, -0.25) is 0 Å². The van der Waals surface area contributed by atoms with Crippen LogP contribution in [0.3, 0.4) is 0 Å². The fourth-order valence-electron chi connectivity index (χ4n) is 0.979. The molecular formula is C6H20Si3. The van der Waals surface area contributed by atoms with Crippen LogP contribution in [0.4, 0.5) is 0 Å². The number of unbranched alkanes of at least 4 members (excludes halogenated alkanes) is 1. The van der Waals surface area contributed by atoms with E-state index in [2.05, 4.69) is 20.0 Å². The van der Waals surface area contributed by atoms with Crippen LogP contribution < -0.4 is 0 Å². The summed E-state index contributed by atoms with van der Waals surface area (Å²) in [6.45, 7) is 7.37. The number of hydrogen-bond donors (Lipinski definition) is 0. The van der Waals surface area contributed by atoms with Gasteiger partial charge in [0.2, 0.25) is 0 Å². The molecule has 9 heavy (non-hydrogen) atoms. The average molecular weight is 176 g/mol. The maximum absolute atomic E-state index is 2.53. The summed E-state index contributed by atoms with van der Waals surface area (Å²) >= 11 is 0. The van der Waals surface area contributed by atoms with E-state index >= 15 is 0 Å². The van der Waals surface area contributed by atoms with Gasteiger partial charge >= 0.3 is 0 Å². The van der Waals surface area contributed by atoms with E-state index in [9.17, 15) is 0 Å². The van der Waals surface area contributed by atoms with Crippen molar-refractivity contribution in [1.82, 2.24) is 0 Å². The van der Waals surface area contributed by atoms with Crippen molar-refractivity contribution >= 4 is 25.9 Å². The molecule has 0 amide bonds. The largest absolute Gasteiger partial charge is 0.0748 e. The molecule has 0 aliphatic rings. The Hall–Kier alpha value is 0.651. The number of hydrogen-bond acceptors (Lipinski definition) is 0. The summed E-state index contributed by atoms with van der Waals surface area (Å²) in [5.41, 5.74) is 0. The number of rotatable bonds is 5. The molecule has 0 spiro atoms. The summed E-state index contributed by atoms with van der Waals surface area (Å²) in [7, 11) is 1.14. The van der Waals surface area contributed by atoms with Crippen molar-refractivity contribution in [3.8, 4) is 0 Å². The Balaban J connectivity index is 2.75. The Bertz CT molecular complexity index is 54.3. The third kappa shape index (κ3) is 8.65. The van der Waals surface area contributed by atoms with Crippen LogP contribution in [0.1, 0.15) is 19.8 Å². The maximum atomic E-state index is 2.53. The van der Waals surface area contributed by atoms with Crippen LogP contribution in [-0.2, 0) is 0 Å². The van der Waals surface area contributed by atoms with Crippen LogP contribution in [0.5, 0.6) is 0 Å². The summed E-state index contributed by atoms with van der Waals surface area (Å²) in [5, 5.41) is 0. The molecule has 0 aromatic heterocycles. The van der Waals surface area contributed by atoms with E-state index in [1.54, 1.807) is 12.5 Å². The lowest BCUT2D eigenvalue weighted by Crippen LogP contribution is -2.19. The Labute approximate surface area is 65.3 Å². The van der Waals surface area contributed by atoms with Gasteiger partial charge in [0, 0.05) is 25.9 Å². The van der Waals surface area contributed by atoms with Gasteiger partial charge in [0.15, 0.2) is 0 Å². The molecule has 0 aromatic rings. The first-order valence-corrected chi connectivity index (χ1v) is 14.8. The molecule has 0 saturated carbocycles. The highest BCUT2D eigenvalue weighted by atomic mass is 29.5. The molecule has 0 aliphatic heterocycles. The van der Waals surface area contributed by atoms with E-state index in [4.69, 9.17) is 0 Å². The standard InChI is InChI=1S/C6H20Si3/c1-4-5-6-7-8-9(2)3/h9H,4-8H2,1-3H3. The van der Waals surface area contributed by atoms with Gasteiger partial charge in [0.25, 0.3) is 0 Å². The third-order valence-electron chi connectivity index (χ3n) is 1.64. The summed E-state index contributed by atoms with van der Waals surface area (Å²) in [6, 6.07) is 1.67. The molecule has 0 radical (unpaired) electrons. The van der Waals surface area contributed by atoms with Crippen molar-refractivity contribution in [1.29, 1.82) is 0 Å². The Kier molecular flexibility index (Phi) is 7.26. The summed E-state index contributed by atoms with van der Waals surface area (Å²) in [5.74, 6) is 0. The summed E-state index contributed by atoms with van der Waals surface area (Å²) < 4.78 is 0. The predicted octanol–water partition coefficient (Wildman–Crippen LogP) is 0.441. The van der Waals surface area contributed by atoms with E-state index in [1.165, 1.54) is 6.42 Å². The smallest absolute Gasteiger partial charge is 0.0149 e. The molecule has 0 aromatic carbocycles. The monoisotopic (exact) mass is 176 g/mol. The molecule has 0 rings (SSSR count). The van der Waals surface area contributed by atoms with Gasteiger partial charge in [-0.05, 0) is 0 Å². The highest BCUT2D eigenvalue weighted by Gasteiger charge is 1.95. The highest BCUT2D eigenvalue weighted by molar-refractivity contribution is 7.35. The Morgan fingerprint density at radius 3 is 2.44 bits per heavy atom. The SMILES string of the molecule is CCCC[SiH2][SiH2][SiH](C)C. The van der Waals surface area contributed by atoms with Crippen molar-refractivity contribution in [3.63, 3.8) is 0 Å². The lowest BCUT2D eigenvalue weighted by Gasteiger charge is -1.98. The minimum absolute atomic E-state index is 0.0126. The molecule has 56 valence electrons. The van der Waals surface area contributed by atoms with Crippen LogP contribution >= 0.6 is 0 Å². The zero-order valence-electron chi connectivity index (χ0n) is 7.11. The first kappa shape index (κ1) is 9.65. The highest BCUT2D eigenvalue weighted by Crippen LogP contribution is 1.92. The molecule has 3 heteroatoms. The zero-order chi connectivity index (χ0) is 7.11. The van der Waals surface area contributed by atoms with E-state index < -0.39 is 0 Å². The van der Waals surface area contributed by atoms with Gasteiger partial charge in [-0.2, -0.15) is 0 Å². The molecule has 0 atom stereocenters. The summed E-state index contributed by atoms with van der Waals surface area (Å²) in [4.78, 5) is 0. The molecule has 0 heterocycles. The van der Waals surface area contributed by atoms with Crippen molar-refractivity contribution in [2.75, 3.05) is 0 Å². The van der Waals surface area contributed by atoms with Crippen molar-refractivity contribution in [2.24, 2.45) is 0 Å². The molecule has 0 nitrogen and oxygen atoms in total. The average Bonchev–Trinajstić information content (AvgIpc) is 1.80. The molecule has 0 bridgehead atoms. The quantitative estimate of drug-likeness (QED) is 0.421.